The van der Waals surface area contributed by atoms with E-state index < -0.39 is 11.9 Å². The second-order valence-electron chi connectivity index (χ2n) is 7.44. The first-order valence-corrected chi connectivity index (χ1v) is 9.53. The molecule has 2 heterocycles. The summed E-state index contributed by atoms with van der Waals surface area (Å²) in [5, 5.41) is 0. The molecule has 0 bridgehead atoms. The molecular weight excluding hydrogens is 375 g/mol. The molecule has 1 saturated heterocycles. The van der Waals surface area contributed by atoms with Gasteiger partial charge in [-0.15, -0.1) is 0 Å². The number of anilines is 1. The lowest BCUT2D eigenvalue weighted by molar-refractivity contribution is -0.123. The van der Waals surface area contributed by atoms with Crippen LogP contribution in [0, 0.1) is 12.7 Å². The SMILES string of the molecule is COc1cc2c(cc1OC)CN(C1CC(=O)N(c3ccc(C)cc3F)C1=O)CC2. The summed E-state index contributed by atoms with van der Waals surface area (Å²) in [6.45, 7) is 2.91. The predicted octanol–water partition coefficient (Wildman–Crippen LogP) is 2.84. The first kappa shape index (κ1) is 19.4. The maximum absolute atomic E-state index is 14.4. The summed E-state index contributed by atoms with van der Waals surface area (Å²) < 4.78 is 25.1. The molecule has 29 heavy (non-hydrogen) atoms. The van der Waals surface area contributed by atoms with Crippen molar-refractivity contribution in [2.75, 3.05) is 25.7 Å². The number of hydrogen-bond acceptors (Lipinski definition) is 5. The summed E-state index contributed by atoms with van der Waals surface area (Å²) in [5.74, 6) is -0.00571. The van der Waals surface area contributed by atoms with Gasteiger partial charge in [0.1, 0.15) is 5.82 Å². The zero-order valence-corrected chi connectivity index (χ0v) is 16.7. The lowest BCUT2D eigenvalue weighted by Gasteiger charge is -2.32. The van der Waals surface area contributed by atoms with Crippen molar-refractivity contribution in [3.63, 3.8) is 0 Å². The number of halogens is 1. The Morgan fingerprint density at radius 1 is 1.03 bits per heavy atom. The maximum atomic E-state index is 14.4. The highest BCUT2D eigenvalue weighted by molar-refractivity contribution is 6.22. The van der Waals surface area contributed by atoms with Crippen LogP contribution in [-0.4, -0.2) is 43.5 Å². The van der Waals surface area contributed by atoms with Crippen molar-refractivity contribution in [1.29, 1.82) is 0 Å². The van der Waals surface area contributed by atoms with Crippen LogP contribution in [0.3, 0.4) is 0 Å². The molecule has 6 nitrogen and oxygen atoms in total. The summed E-state index contributed by atoms with van der Waals surface area (Å²) in [4.78, 5) is 28.6. The minimum Gasteiger partial charge on any atom is -0.493 e. The summed E-state index contributed by atoms with van der Waals surface area (Å²) in [5.41, 5.74) is 2.93. The topological polar surface area (TPSA) is 59.1 Å². The van der Waals surface area contributed by atoms with Crippen molar-refractivity contribution in [3.8, 4) is 11.5 Å². The fraction of sp³-hybridized carbons (Fsp3) is 0.364. The first-order valence-electron chi connectivity index (χ1n) is 9.53. The summed E-state index contributed by atoms with van der Waals surface area (Å²) in [7, 11) is 3.18. The number of imide groups is 1. The van der Waals surface area contributed by atoms with Crippen molar-refractivity contribution in [1.82, 2.24) is 4.90 Å². The van der Waals surface area contributed by atoms with E-state index in [1.54, 1.807) is 27.2 Å². The van der Waals surface area contributed by atoms with Crippen molar-refractivity contribution < 1.29 is 23.5 Å². The van der Waals surface area contributed by atoms with Crippen molar-refractivity contribution >= 4 is 17.5 Å². The normalized spacial score (nSPS) is 19.4. The van der Waals surface area contributed by atoms with Crippen LogP contribution in [0.1, 0.15) is 23.1 Å². The molecule has 2 aliphatic rings. The van der Waals surface area contributed by atoms with Crippen LogP contribution >= 0.6 is 0 Å². The van der Waals surface area contributed by atoms with E-state index in [-0.39, 0.29) is 23.9 Å². The third-order valence-corrected chi connectivity index (χ3v) is 5.66. The molecule has 152 valence electrons. The molecule has 0 radical (unpaired) electrons. The molecule has 1 atom stereocenters. The average Bonchev–Trinajstić information content (AvgIpc) is 3.00. The lowest BCUT2D eigenvalue weighted by Crippen LogP contribution is -2.44. The number of aryl methyl sites for hydroxylation is 1. The number of hydrogen-bond donors (Lipinski definition) is 0. The van der Waals surface area contributed by atoms with E-state index in [2.05, 4.69) is 0 Å². The fourth-order valence-electron chi connectivity index (χ4n) is 4.12. The maximum Gasteiger partial charge on any atom is 0.251 e. The van der Waals surface area contributed by atoms with E-state index in [4.69, 9.17) is 9.47 Å². The van der Waals surface area contributed by atoms with Gasteiger partial charge < -0.3 is 9.47 Å². The number of carbonyl (C=O) groups excluding carboxylic acids is 2. The number of amides is 2. The van der Waals surface area contributed by atoms with Crippen LogP contribution in [0.4, 0.5) is 10.1 Å². The molecule has 0 aliphatic carbocycles. The van der Waals surface area contributed by atoms with Gasteiger partial charge in [-0.25, -0.2) is 9.29 Å². The number of benzene rings is 2. The number of carbonyl (C=O) groups is 2. The molecule has 0 spiro atoms. The van der Waals surface area contributed by atoms with Gasteiger partial charge in [-0.05, 0) is 54.3 Å². The predicted molar refractivity (Wildman–Crippen MR) is 106 cm³/mol. The van der Waals surface area contributed by atoms with E-state index in [0.29, 0.717) is 24.6 Å². The van der Waals surface area contributed by atoms with Gasteiger partial charge in [-0.1, -0.05) is 6.07 Å². The van der Waals surface area contributed by atoms with E-state index in [1.165, 1.54) is 12.1 Å². The molecule has 2 aromatic rings. The highest BCUT2D eigenvalue weighted by Gasteiger charge is 2.44. The molecule has 2 amide bonds. The highest BCUT2D eigenvalue weighted by atomic mass is 19.1. The first-order chi connectivity index (χ1) is 13.9. The number of ether oxygens (including phenoxy) is 2. The second kappa shape index (κ2) is 7.48. The summed E-state index contributed by atoms with van der Waals surface area (Å²) >= 11 is 0. The van der Waals surface area contributed by atoms with Gasteiger partial charge in [0, 0.05) is 13.1 Å². The standard InChI is InChI=1S/C22H23FN2O4/c1-13-4-5-17(16(23)8-13)25-21(26)11-18(22(25)27)24-7-6-14-9-19(28-2)20(29-3)10-15(14)12-24/h4-5,8-10,18H,6-7,11-12H2,1-3H3. The van der Waals surface area contributed by atoms with Crippen molar-refractivity contribution in [3.05, 3.63) is 52.8 Å². The minimum absolute atomic E-state index is 0.0249. The highest BCUT2D eigenvalue weighted by Crippen LogP contribution is 2.35. The summed E-state index contributed by atoms with van der Waals surface area (Å²) in [6, 6.07) is 7.80. The van der Waals surface area contributed by atoms with Gasteiger partial charge in [0.05, 0.1) is 32.4 Å². The Labute approximate surface area is 168 Å². The van der Waals surface area contributed by atoms with Crippen molar-refractivity contribution in [2.24, 2.45) is 0 Å². The van der Waals surface area contributed by atoms with E-state index >= 15 is 0 Å². The molecule has 4 rings (SSSR count). The molecule has 0 saturated carbocycles. The quantitative estimate of drug-likeness (QED) is 0.742. The van der Waals surface area contributed by atoms with Crippen LogP contribution < -0.4 is 14.4 Å². The second-order valence-corrected chi connectivity index (χ2v) is 7.44. The number of nitrogens with zero attached hydrogens (tertiary/aromatic N) is 2. The molecule has 0 N–H and O–H groups in total. The summed E-state index contributed by atoms with van der Waals surface area (Å²) in [6.07, 6.45) is 0.779. The molecule has 1 unspecified atom stereocenters. The van der Waals surface area contributed by atoms with E-state index in [0.717, 1.165) is 28.0 Å². The zero-order chi connectivity index (χ0) is 20.7. The third kappa shape index (κ3) is 3.35. The number of fused-ring (bicyclic) bond motifs is 1. The molecule has 1 fully saturated rings. The Hall–Kier alpha value is -2.93. The number of methoxy groups -OCH3 is 2. The average molecular weight is 398 g/mol. The Kier molecular flexibility index (Phi) is 5.00. The largest absolute Gasteiger partial charge is 0.493 e. The lowest BCUT2D eigenvalue weighted by atomic mass is 9.97. The van der Waals surface area contributed by atoms with Gasteiger partial charge in [0.2, 0.25) is 5.91 Å². The molecule has 7 heteroatoms. The molecular formula is C22H23FN2O4. The zero-order valence-electron chi connectivity index (χ0n) is 16.7. The van der Waals surface area contributed by atoms with Crippen LogP contribution in [0.15, 0.2) is 30.3 Å². The van der Waals surface area contributed by atoms with Crippen LogP contribution in [0.2, 0.25) is 0 Å². The van der Waals surface area contributed by atoms with E-state index in [9.17, 15) is 14.0 Å². The number of rotatable bonds is 4. The molecule has 2 aliphatic heterocycles. The van der Waals surface area contributed by atoms with E-state index in [1.807, 2.05) is 17.0 Å². The Morgan fingerprint density at radius 3 is 2.38 bits per heavy atom. The Balaban J connectivity index is 1.59. The Morgan fingerprint density at radius 2 is 1.72 bits per heavy atom. The van der Waals surface area contributed by atoms with Gasteiger partial charge in [-0.3, -0.25) is 14.5 Å². The van der Waals surface area contributed by atoms with Crippen LogP contribution in [-0.2, 0) is 22.6 Å². The van der Waals surface area contributed by atoms with Crippen LogP contribution in [0.25, 0.3) is 0 Å². The molecule has 0 aromatic heterocycles. The van der Waals surface area contributed by atoms with Crippen molar-refractivity contribution in [2.45, 2.75) is 32.4 Å². The smallest absolute Gasteiger partial charge is 0.251 e. The van der Waals surface area contributed by atoms with Gasteiger partial charge in [0.25, 0.3) is 5.91 Å². The fourth-order valence-corrected chi connectivity index (χ4v) is 4.12. The third-order valence-electron chi connectivity index (χ3n) is 5.66. The molecule has 2 aromatic carbocycles. The van der Waals surface area contributed by atoms with Crippen LogP contribution in [0.5, 0.6) is 11.5 Å². The minimum atomic E-state index is -0.593. The van der Waals surface area contributed by atoms with Gasteiger partial charge in [-0.2, -0.15) is 0 Å². The Bertz CT molecular complexity index is 991. The van der Waals surface area contributed by atoms with Gasteiger partial charge >= 0.3 is 0 Å². The van der Waals surface area contributed by atoms with Gasteiger partial charge in [0.15, 0.2) is 11.5 Å². The monoisotopic (exact) mass is 398 g/mol.